The van der Waals surface area contributed by atoms with E-state index in [0.717, 1.165) is 30.5 Å². The van der Waals surface area contributed by atoms with Crippen LogP contribution in [-0.4, -0.2) is 18.7 Å². The molecular weight excluding hydrogens is 288 g/mol. The molecule has 0 radical (unpaired) electrons. The fourth-order valence-electron chi connectivity index (χ4n) is 2.93. The Bertz CT molecular complexity index is 766. The van der Waals surface area contributed by atoms with Gasteiger partial charge in [-0.2, -0.15) is 5.10 Å². The summed E-state index contributed by atoms with van der Waals surface area (Å²) < 4.78 is 5.25. The Morgan fingerprint density at radius 2 is 1.87 bits per heavy atom. The third kappa shape index (κ3) is 3.26. The molecule has 0 spiro atoms. The molecule has 3 rings (SSSR count). The van der Waals surface area contributed by atoms with Gasteiger partial charge in [-0.25, -0.2) is 5.43 Å². The number of aryl methyl sites for hydroxylation is 1. The third-order valence-corrected chi connectivity index (χ3v) is 4.26. The first kappa shape index (κ1) is 15.3. The van der Waals surface area contributed by atoms with E-state index >= 15 is 0 Å². The molecule has 1 N–H and O–H groups in total. The molecule has 0 unspecified atom stereocenters. The van der Waals surface area contributed by atoms with Crippen LogP contribution in [0.3, 0.4) is 0 Å². The summed E-state index contributed by atoms with van der Waals surface area (Å²) in [5.74, 6) is 0.504. The lowest BCUT2D eigenvalue weighted by atomic mass is 9.90. The van der Waals surface area contributed by atoms with Crippen molar-refractivity contribution in [3.8, 4) is 5.75 Å². The van der Waals surface area contributed by atoms with Crippen molar-refractivity contribution in [2.75, 3.05) is 7.11 Å². The fraction of sp³-hybridized carbons (Fsp3) is 0.263. The standard InChI is InChI=1S/C19H20N2O2/c1-13-17(8-5-9-18(13)23-2)19(22)21-20-16-11-10-14-6-3-4-7-15(14)12-16/h3-9H,10-12H2,1-2H3,(H,21,22). The van der Waals surface area contributed by atoms with Crippen LogP contribution in [-0.2, 0) is 12.8 Å². The molecule has 0 atom stereocenters. The molecule has 0 aromatic heterocycles. The van der Waals surface area contributed by atoms with E-state index in [1.165, 1.54) is 11.1 Å². The van der Waals surface area contributed by atoms with Crippen LogP contribution in [0.15, 0.2) is 47.6 Å². The Balaban J connectivity index is 1.72. The van der Waals surface area contributed by atoms with Crippen LogP contribution >= 0.6 is 0 Å². The predicted octanol–water partition coefficient (Wildman–Crippen LogP) is 3.28. The number of methoxy groups -OCH3 is 1. The van der Waals surface area contributed by atoms with Gasteiger partial charge in [-0.05, 0) is 43.0 Å². The lowest BCUT2D eigenvalue weighted by molar-refractivity contribution is 0.0953. The summed E-state index contributed by atoms with van der Waals surface area (Å²) in [6.45, 7) is 1.87. The Morgan fingerprint density at radius 3 is 2.65 bits per heavy atom. The highest BCUT2D eigenvalue weighted by molar-refractivity contribution is 5.97. The average Bonchev–Trinajstić information content (AvgIpc) is 2.59. The molecule has 118 valence electrons. The second-order valence-electron chi connectivity index (χ2n) is 5.70. The SMILES string of the molecule is COc1cccc(C(=O)NN=C2CCc3ccccc3C2)c1C. The maximum Gasteiger partial charge on any atom is 0.271 e. The van der Waals surface area contributed by atoms with Crippen LogP contribution < -0.4 is 10.2 Å². The molecule has 0 saturated heterocycles. The van der Waals surface area contributed by atoms with Gasteiger partial charge in [-0.15, -0.1) is 0 Å². The lowest BCUT2D eigenvalue weighted by Gasteiger charge is -2.17. The first-order chi connectivity index (χ1) is 11.2. The van der Waals surface area contributed by atoms with E-state index in [1.54, 1.807) is 13.2 Å². The maximum atomic E-state index is 12.3. The number of benzene rings is 2. The van der Waals surface area contributed by atoms with Crippen molar-refractivity contribution in [2.24, 2.45) is 5.10 Å². The summed E-state index contributed by atoms with van der Waals surface area (Å²) >= 11 is 0. The van der Waals surface area contributed by atoms with Crippen molar-refractivity contribution >= 4 is 11.6 Å². The Kier molecular flexibility index (Phi) is 4.42. The van der Waals surface area contributed by atoms with Gasteiger partial charge in [0.25, 0.3) is 5.91 Å². The van der Waals surface area contributed by atoms with Crippen molar-refractivity contribution in [2.45, 2.75) is 26.2 Å². The van der Waals surface area contributed by atoms with Gasteiger partial charge in [-0.3, -0.25) is 4.79 Å². The number of hydrazone groups is 1. The number of carbonyl (C=O) groups excluding carboxylic acids is 1. The molecule has 1 amide bonds. The van der Waals surface area contributed by atoms with E-state index in [9.17, 15) is 4.79 Å². The number of hydrogen-bond donors (Lipinski definition) is 1. The van der Waals surface area contributed by atoms with Crippen LogP contribution in [0.5, 0.6) is 5.75 Å². The van der Waals surface area contributed by atoms with Crippen molar-refractivity contribution in [1.29, 1.82) is 0 Å². The molecule has 2 aromatic rings. The highest BCUT2D eigenvalue weighted by Crippen LogP contribution is 2.21. The lowest BCUT2D eigenvalue weighted by Crippen LogP contribution is -2.23. The minimum atomic E-state index is -0.201. The molecule has 1 aliphatic carbocycles. The largest absolute Gasteiger partial charge is 0.496 e. The molecule has 1 aliphatic rings. The summed E-state index contributed by atoms with van der Waals surface area (Å²) in [5, 5.41) is 4.33. The molecule has 2 aromatic carbocycles. The van der Waals surface area contributed by atoms with E-state index in [4.69, 9.17) is 4.74 Å². The van der Waals surface area contributed by atoms with Crippen LogP contribution in [0.4, 0.5) is 0 Å². The summed E-state index contributed by atoms with van der Waals surface area (Å²) in [6.07, 6.45) is 2.66. The Labute approximate surface area is 136 Å². The monoisotopic (exact) mass is 308 g/mol. The fourth-order valence-corrected chi connectivity index (χ4v) is 2.93. The smallest absolute Gasteiger partial charge is 0.271 e. The van der Waals surface area contributed by atoms with Gasteiger partial charge >= 0.3 is 0 Å². The van der Waals surface area contributed by atoms with Crippen LogP contribution in [0.1, 0.15) is 33.5 Å². The zero-order valence-electron chi connectivity index (χ0n) is 13.4. The summed E-state index contributed by atoms with van der Waals surface area (Å²) in [5.41, 5.74) is 7.78. The molecule has 0 heterocycles. The highest BCUT2D eigenvalue weighted by Gasteiger charge is 2.15. The topological polar surface area (TPSA) is 50.7 Å². The summed E-state index contributed by atoms with van der Waals surface area (Å²) in [4.78, 5) is 12.3. The van der Waals surface area contributed by atoms with E-state index in [2.05, 4.69) is 28.7 Å². The first-order valence-corrected chi connectivity index (χ1v) is 7.75. The minimum Gasteiger partial charge on any atom is -0.496 e. The van der Waals surface area contributed by atoms with Gasteiger partial charge in [0, 0.05) is 23.3 Å². The molecule has 4 heteroatoms. The van der Waals surface area contributed by atoms with Crippen molar-refractivity contribution < 1.29 is 9.53 Å². The molecule has 0 bridgehead atoms. The van der Waals surface area contributed by atoms with E-state index in [-0.39, 0.29) is 5.91 Å². The third-order valence-electron chi connectivity index (χ3n) is 4.26. The maximum absolute atomic E-state index is 12.3. The highest BCUT2D eigenvalue weighted by atomic mass is 16.5. The van der Waals surface area contributed by atoms with Gasteiger partial charge < -0.3 is 4.74 Å². The zero-order chi connectivity index (χ0) is 16.2. The van der Waals surface area contributed by atoms with Crippen molar-refractivity contribution in [3.05, 3.63) is 64.7 Å². The normalized spacial score (nSPS) is 15.1. The molecule has 0 aliphatic heterocycles. The number of carbonyl (C=O) groups is 1. The number of fused-ring (bicyclic) bond motifs is 1. The molecule has 0 saturated carbocycles. The van der Waals surface area contributed by atoms with Gasteiger partial charge in [0.05, 0.1) is 7.11 Å². The Morgan fingerprint density at radius 1 is 1.09 bits per heavy atom. The minimum absolute atomic E-state index is 0.201. The quantitative estimate of drug-likeness (QED) is 0.885. The van der Waals surface area contributed by atoms with Crippen LogP contribution in [0, 0.1) is 6.92 Å². The number of ether oxygens (including phenoxy) is 1. The predicted molar refractivity (Wildman–Crippen MR) is 91.1 cm³/mol. The number of nitrogens with zero attached hydrogens (tertiary/aromatic N) is 1. The molecule has 23 heavy (non-hydrogen) atoms. The van der Waals surface area contributed by atoms with Crippen molar-refractivity contribution in [3.63, 3.8) is 0 Å². The van der Waals surface area contributed by atoms with Gasteiger partial charge in [-0.1, -0.05) is 30.3 Å². The van der Waals surface area contributed by atoms with Crippen LogP contribution in [0.2, 0.25) is 0 Å². The molecule has 4 nitrogen and oxygen atoms in total. The van der Waals surface area contributed by atoms with Crippen LogP contribution in [0.25, 0.3) is 0 Å². The second kappa shape index (κ2) is 6.65. The van der Waals surface area contributed by atoms with Gasteiger partial charge in [0.2, 0.25) is 0 Å². The first-order valence-electron chi connectivity index (χ1n) is 7.75. The Hall–Kier alpha value is -2.62. The summed E-state index contributed by atoms with van der Waals surface area (Å²) in [7, 11) is 1.60. The molecular formula is C19H20N2O2. The second-order valence-corrected chi connectivity index (χ2v) is 5.70. The van der Waals surface area contributed by atoms with E-state index in [0.29, 0.717) is 11.3 Å². The van der Waals surface area contributed by atoms with Crippen molar-refractivity contribution in [1.82, 2.24) is 5.43 Å². The zero-order valence-corrected chi connectivity index (χ0v) is 13.4. The molecule has 0 fully saturated rings. The number of hydrogen-bond acceptors (Lipinski definition) is 3. The van der Waals surface area contributed by atoms with E-state index < -0.39 is 0 Å². The average molecular weight is 308 g/mol. The summed E-state index contributed by atoms with van der Waals surface area (Å²) in [6, 6.07) is 13.8. The van der Waals surface area contributed by atoms with E-state index in [1.807, 2.05) is 25.1 Å². The van der Waals surface area contributed by atoms with Gasteiger partial charge in [0.15, 0.2) is 0 Å². The number of amides is 1. The number of nitrogens with one attached hydrogen (secondary N) is 1. The van der Waals surface area contributed by atoms with Gasteiger partial charge in [0.1, 0.15) is 5.75 Å². The number of rotatable bonds is 3.